The van der Waals surface area contributed by atoms with Crippen LogP contribution < -0.4 is 10.2 Å². The Balaban J connectivity index is 1.46. The zero-order valence-corrected chi connectivity index (χ0v) is 19.4. The van der Waals surface area contributed by atoms with Crippen LogP contribution in [0.3, 0.4) is 0 Å². The van der Waals surface area contributed by atoms with Crippen molar-refractivity contribution in [2.45, 2.75) is 30.6 Å². The Morgan fingerprint density at radius 1 is 1.09 bits per heavy atom. The minimum atomic E-state index is -3.62. The SMILES string of the molecule is COC(=O)c1ccc(N2CCCC2)c(NC(=O)C2CCN(S(=O)(=O)c3cccnc3)CC2)c1. The van der Waals surface area contributed by atoms with E-state index in [1.807, 2.05) is 6.07 Å². The summed E-state index contributed by atoms with van der Waals surface area (Å²) in [6, 6.07) is 8.31. The molecule has 1 N–H and O–H groups in total. The van der Waals surface area contributed by atoms with Crippen molar-refractivity contribution in [2.75, 3.05) is 43.5 Å². The van der Waals surface area contributed by atoms with Crippen LogP contribution in [0, 0.1) is 5.92 Å². The summed E-state index contributed by atoms with van der Waals surface area (Å²) in [5, 5.41) is 3.00. The van der Waals surface area contributed by atoms with Crippen LogP contribution in [-0.2, 0) is 19.6 Å². The summed E-state index contributed by atoms with van der Waals surface area (Å²) in [5.41, 5.74) is 1.83. The van der Waals surface area contributed by atoms with E-state index in [0.29, 0.717) is 24.1 Å². The summed E-state index contributed by atoms with van der Waals surface area (Å²) in [6.45, 7) is 2.31. The molecule has 2 aliphatic rings. The number of nitrogens with zero attached hydrogens (tertiary/aromatic N) is 3. The fourth-order valence-corrected chi connectivity index (χ4v) is 5.79. The molecule has 2 fully saturated rings. The molecule has 33 heavy (non-hydrogen) atoms. The third-order valence-corrected chi connectivity index (χ3v) is 8.10. The molecule has 3 heterocycles. The largest absolute Gasteiger partial charge is 0.465 e. The lowest BCUT2D eigenvalue weighted by Crippen LogP contribution is -2.41. The normalized spacial score (nSPS) is 17.7. The highest BCUT2D eigenvalue weighted by Gasteiger charge is 2.32. The zero-order chi connectivity index (χ0) is 23.4. The fourth-order valence-electron chi connectivity index (χ4n) is 4.36. The Morgan fingerprint density at radius 3 is 2.45 bits per heavy atom. The van der Waals surface area contributed by atoms with Gasteiger partial charge in [-0.2, -0.15) is 4.31 Å². The first-order chi connectivity index (χ1) is 15.9. The van der Waals surface area contributed by atoms with Gasteiger partial charge in [0.1, 0.15) is 4.90 Å². The first kappa shape index (κ1) is 23.2. The molecule has 1 aromatic heterocycles. The molecule has 0 aliphatic carbocycles. The molecular weight excluding hydrogens is 444 g/mol. The topological polar surface area (TPSA) is 109 Å². The number of hydrogen-bond donors (Lipinski definition) is 1. The lowest BCUT2D eigenvalue weighted by atomic mass is 9.97. The second kappa shape index (κ2) is 9.88. The van der Waals surface area contributed by atoms with Crippen LogP contribution in [0.5, 0.6) is 0 Å². The third-order valence-electron chi connectivity index (χ3n) is 6.22. The van der Waals surface area contributed by atoms with Gasteiger partial charge < -0.3 is 15.0 Å². The van der Waals surface area contributed by atoms with Crippen LogP contribution in [0.4, 0.5) is 11.4 Å². The highest BCUT2D eigenvalue weighted by Crippen LogP contribution is 2.32. The summed E-state index contributed by atoms with van der Waals surface area (Å²) in [7, 11) is -2.30. The van der Waals surface area contributed by atoms with Gasteiger partial charge in [-0.15, -0.1) is 0 Å². The van der Waals surface area contributed by atoms with Crippen molar-refractivity contribution in [3.63, 3.8) is 0 Å². The molecule has 0 unspecified atom stereocenters. The Hall–Kier alpha value is -2.98. The van der Waals surface area contributed by atoms with Gasteiger partial charge in [-0.1, -0.05) is 0 Å². The minimum Gasteiger partial charge on any atom is -0.465 e. The quantitative estimate of drug-likeness (QED) is 0.644. The molecule has 4 rings (SSSR count). The van der Waals surface area contributed by atoms with E-state index in [2.05, 4.69) is 15.2 Å². The Labute approximate surface area is 193 Å². The molecule has 10 heteroatoms. The Morgan fingerprint density at radius 2 is 1.82 bits per heavy atom. The molecule has 1 aromatic carbocycles. The first-order valence-electron chi connectivity index (χ1n) is 11.1. The lowest BCUT2D eigenvalue weighted by Gasteiger charge is -2.31. The maximum absolute atomic E-state index is 13.1. The smallest absolute Gasteiger partial charge is 0.337 e. The van der Waals surface area contributed by atoms with Gasteiger partial charge in [-0.25, -0.2) is 13.2 Å². The van der Waals surface area contributed by atoms with Crippen molar-refractivity contribution in [1.82, 2.24) is 9.29 Å². The minimum absolute atomic E-state index is 0.155. The predicted molar refractivity (Wildman–Crippen MR) is 124 cm³/mol. The number of piperidine rings is 1. The molecule has 176 valence electrons. The number of amides is 1. The summed E-state index contributed by atoms with van der Waals surface area (Å²) in [6.07, 6.45) is 5.86. The average Bonchev–Trinajstić information content (AvgIpc) is 3.39. The third kappa shape index (κ3) is 5.01. The molecule has 2 aromatic rings. The number of rotatable bonds is 6. The van der Waals surface area contributed by atoms with E-state index < -0.39 is 16.0 Å². The highest BCUT2D eigenvalue weighted by molar-refractivity contribution is 7.89. The van der Waals surface area contributed by atoms with Gasteiger partial charge in [-0.05, 0) is 56.0 Å². The lowest BCUT2D eigenvalue weighted by molar-refractivity contribution is -0.120. The van der Waals surface area contributed by atoms with Crippen molar-refractivity contribution in [2.24, 2.45) is 5.92 Å². The van der Waals surface area contributed by atoms with Crippen LogP contribution in [-0.4, -0.2) is 62.9 Å². The van der Waals surface area contributed by atoms with Crippen LogP contribution in [0.1, 0.15) is 36.0 Å². The molecule has 2 saturated heterocycles. The number of ether oxygens (including phenoxy) is 1. The van der Waals surface area contributed by atoms with Gasteiger partial charge in [0.25, 0.3) is 0 Å². The number of anilines is 2. The number of methoxy groups -OCH3 is 1. The molecule has 2 aliphatic heterocycles. The van der Waals surface area contributed by atoms with E-state index in [0.717, 1.165) is 31.6 Å². The Bertz CT molecular complexity index is 1110. The molecule has 0 bridgehead atoms. The number of esters is 1. The second-order valence-electron chi connectivity index (χ2n) is 8.27. The summed E-state index contributed by atoms with van der Waals surface area (Å²) in [5.74, 6) is -0.957. The molecule has 0 spiro atoms. The van der Waals surface area contributed by atoms with E-state index in [1.54, 1.807) is 18.2 Å². The number of pyridine rings is 1. The second-order valence-corrected chi connectivity index (χ2v) is 10.2. The molecule has 0 atom stereocenters. The predicted octanol–water partition coefficient (Wildman–Crippen LogP) is 2.51. The van der Waals surface area contributed by atoms with Crippen LogP contribution in [0.15, 0.2) is 47.6 Å². The van der Waals surface area contributed by atoms with E-state index in [4.69, 9.17) is 4.74 Å². The van der Waals surface area contributed by atoms with E-state index >= 15 is 0 Å². The highest BCUT2D eigenvalue weighted by atomic mass is 32.2. The average molecular weight is 473 g/mol. The molecule has 9 nitrogen and oxygen atoms in total. The molecule has 1 amide bonds. The number of hydrogen-bond acceptors (Lipinski definition) is 7. The Kier molecular flexibility index (Phi) is 6.94. The molecular formula is C23H28N4O5S. The van der Waals surface area contributed by atoms with Crippen molar-refractivity contribution in [3.8, 4) is 0 Å². The monoisotopic (exact) mass is 472 g/mol. The van der Waals surface area contributed by atoms with Crippen molar-refractivity contribution >= 4 is 33.3 Å². The molecule has 0 saturated carbocycles. The maximum Gasteiger partial charge on any atom is 0.337 e. The van der Waals surface area contributed by atoms with Gasteiger partial charge >= 0.3 is 5.97 Å². The first-order valence-corrected chi connectivity index (χ1v) is 12.5. The number of sulfonamides is 1. The number of nitrogens with one attached hydrogen (secondary N) is 1. The van der Waals surface area contributed by atoms with Gasteiger partial charge in [0.2, 0.25) is 15.9 Å². The number of carbonyl (C=O) groups excluding carboxylic acids is 2. The summed E-state index contributed by atoms with van der Waals surface area (Å²) >= 11 is 0. The summed E-state index contributed by atoms with van der Waals surface area (Å²) < 4.78 is 31.9. The van der Waals surface area contributed by atoms with E-state index in [9.17, 15) is 18.0 Å². The van der Waals surface area contributed by atoms with E-state index in [1.165, 1.54) is 29.9 Å². The number of aromatic nitrogens is 1. The van der Waals surface area contributed by atoms with Gasteiger partial charge in [-0.3, -0.25) is 9.78 Å². The van der Waals surface area contributed by atoms with Crippen LogP contribution >= 0.6 is 0 Å². The van der Waals surface area contributed by atoms with Gasteiger partial charge in [0.05, 0.1) is 24.0 Å². The number of carbonyl (C=O) groups is 2. The fraction of sp³-hybridized carbons (Fsp3) is 0.435. The maximum atomic E-state index is 13.1. The van der Waals surface area contributed by atoms with Crippen molar-refractivity contribution in [1.29, 1.82) is 0 Å². The van der Waals surface area contributed by atoms with Crippen molar-refractivity contribution < 1.29 is 22.7 Å². The summed E-state index contributed by atoms with van der Waals surface area (Å²) in [4.78, 5) is 31.4. The number of benzene rings is 1. The van der Waals surface area contributed by atoms with Crippen LogP contribution in [0.2, 0.25) is 0 Å². The van der Waals surface area contributed by atoms with Crippen LogP contribution in [0.25, 0.3) is 0 Å². The van der Waals surface area contributed by atoms with Gasteiger partial charge in [0.15, 0.2) is 0 Å². The van der Waals surface area contributed by atoms with E-state index in [-0.39, 0.29) is 29.8 Å². The van der Waals surface area contributed by atoms with Gasteiger partial charge in [0, 0.05) is 44.5 Å². The van der Waals surface area contributed by atoms with Crippen molar-refractivity contribution in [3.05, 3.63) is 48.3 Å². The molecule has 0 radical (unpaired) electrons. The zero-order valence-electron chi connectivity index (χ0n) is 18.6. The standard InChI is InChI=1S/C23H28N4O5S/c1-32-23(29)18-6-7-21(26-11-2-3-12-26)20(15-18)25-22(28)17-8-13-27(14-9-17)33(30,31)19-5-4-10-24-16-19/h4-7,10,15-17H,2-3,8-9,11-14H2,1H3,(H,25,28).